The SMILES string of the molecule is CN(CC/C=C1\c2ccccc2COc2ccccc21)CCC(=O)[O-]. The van der Waals surface area contributed by atoms with E-state index in [1.807, 2.05) is 42.3 Å². The summed E-state index contributed by atoms with van der Waals surface area (Å²) < 4.78 is 5.97. The number of carboxylic acids is 1. The van der Waals surface area contributed by atoms with E-state index in [1.165, 1.54) is 16.7 Å². The van der Waals surface area contributed by atoms with E-state index in [2.05, 4.69) is 24.3 Å². The van der Waals surface area contributed by atoms with E-state index in [-0.39, 0.29) is 6.42 Å². The third kappa shape index (κ3) is 4.28. The second-order valence-electron chi connectivity index (χ2n) is 6.27. The monoisotopic (exact) mass is 336 g/mol. The fourth-order valence-electron chi connectivity index (χ4n) is 3.07. The second kappa shape index (κ2) is 7.99. The molecule has 0 N–H and O–H groups in total. The molecule has 0 amide bonds. The highest BCUT2D eigenvalue weighted by atomic mass is 16.5. The van der Waals surface area contributed by atoms with Crippen molar-refractivity contribution in [1.29, 1.82) is 0 Å². The minimum absolute atomic E-state index is 0.0621. The van der Waals surface area contributed by atoms with Crippen LogP contribution in [-0.2, 0) is 11.4 Å². The first-order valence-electron chi connectivity index (χ1n) is 8.54. The predicted octanol–water partition coefficient (Wildman–Crippen LogP) is 2.47. The van der Waals surface area contributed by atoms with Crippen LogP contribution in [0, 0.1) is 0 Å². The summed E-state index contributed by atoms with van der Waals surface area (Å²) in [5.74, 6) is -0.107. The van der Waals surface area contributed by atoms with Crippen molar-refractivity contribution in [3.63, 3.8) is 0 Å². The minimum atomic E-state index is -1.01. The third-order valence-corrected chi connectivity index (χ3v) is 4.42. The standard InChI is InChI=1S/C21H23NO3/c1-22(14-12-21(23)24)13-6-10-18-17-8-3-2-7-16(17)15-25-20-11-5-4-9-19(18)20/h2-5,7-11H,6,12-15H2,1H3,(H,23,24)/p-1/b18-10+. The van der Waals surface area contributed by atoms with E-state index in [4.69, 9.17) is 4.74 Å². The Bertz CT molecular complexity index is 733. The van der Waals surface area contributed by atoms with Crippen LogP contribution in [0.5, 0.6) is 5.75 Å². The van der Waals surface area contributed by atoms with Gasteiger partial charge < -0.3 is 19.5 Å². The van der Waals surface area contributed by atoms with E-state index >= 15 is 0 Å². The van der Waals surface area contributed by atoms with Gasteiger partial charge in [-0.1, -0.05) is 48.5 Å². The van der Waals surface area contributed by atoms with Crippen LogP contribution in [0.3, 0.4) is 0 Å². The van der Waals surface area contributed by atoms with Crippen LogP contribution >= 0.6 is 0 Å². The molecule has 0 aromatic heterocycles. The first-order chi connectivity index (χ1) is 12.1. The number of fused-ring (bicyclic) bond motifs is 2. The molecule has 1 aliphatic heterocycles. The average molecular weight is 336 g/mol. The first kappa shape index (κ1) is 17.2. The van der Waals surface area contributed by atoms with Gasteiger partial charge in [0.2, 0.25) is 0 Å². The Labute approximate surface area is 148 Å². The number of carbonyl (C=O) groups excluding carboxylic acids is 1. The van der Waals surface area contributed by atoms with Crippen molar-refractivity contribution in [2.75, 3.05) is 20.1 Å². The third-order valence-electron chi connectivity index (χ3n) is 4.42. The first-order valence-corrected chi connectivity index (χ1v) is 8.54. The minimum Gasteiger partial charge on any atom is -0.550 e. The lowest BCUT2D eigenvalue weighted by atomic mass is 9.93. The quantitative estimate of drug-likeness (QED) is 0.813. The van der Waals surface area contributed by atoms with Gasteiger partial charge in [-0.2, -0.15) is 0 Å². The lowest BCUT2D eigenvalue weighted by Gasteiger charge is -2.16. The van der Waals surface area contributed by atoms with Gasteiger partial charge in [0, 0.05) is 24.6 Å². The number of nitrogens with zero attached hydrogens (tertiary/aromatic N) is 1. The molecule has 25 heavy (non-hydrogen) atoms. The molecule has 2 aromatic carbocycles. The Morgan fingerprint density at radius 2 is 1.84 bits per heavy atom. The second-order valence-corrected chi connectivity index (χ2v) is 6.27. The van der Waals surface area contributed by atoms with Gasteiger partial charge in [-0.25, -0.2) is 0 Å². The molecule has 3 rings (SSSR count). The molecule has 0 fully saturated rings. The van der Waals surface area contributed by atoms with E-state index < -0.39 is 5.97 Å². The van der Waals surface area contributed by atoms with Crippen LogP contribution in [0.25, 0.3) is 5.57 Å². The maximum atomic E-state index is 10.6. The summed E-state index contributed by atoms with van der Waals surface area (Å²) in [7, 11) is 1.93. The van der Waals surface area contributed by atoms with Gasteiger partial charge in [0.15, 0.2) is 0 Å². The molecule has 130 valence electrons. The number of benzene rings is 2. The van der Waals surface area contributed by atoms with Crippen LogP contribution in [0.4, 0.5) is 0 Å². The maximum Gasteiger partial charge on any atom is 0.127 e. The molecule has 4 nitrogen and oxygen atoms in total. The van der Waals surface area contributed by atoms with Crippen molar-refractivity contribution in [2.45, 2.75) is 19.4 Å². The molecule has 0 atom stereocenters. The van der Waals surface area contributed by atoms with E-state index in [9.17, 15) is 9.90 Å². The topological polar surface area (TPSA) is 52.6 Å². The fourth-order valence-corrected chi connectivity index (χ4v) is 3.07. The summed E-state index contributed by atoms with van der Waals surface area (Å²) in [6, 6.07) is 16.4. The average Bonchev–Trinajstić information content (AvgIpc) is 2.78. The summed E-state index contributed by atoms with van der Waals surface area (Å²) in [4.78, 5) is 12.6. The summed E-state index contributed by atoms with van der Waals surface area (Å²) >= 11 is 0. The molecule has 0 saturated carbocycles. The van der Waals surface area contributed by atoms with Crippen LogP contribution in [0.1, 0.15) is 29.5 Å². The number of para-hydroxylation sites is 1. The normalized spacial score (nSPS) is 14.6. The number of aliphatic carboxylic acids is 1. The van der Waals surface area contributed by atoms with Crippen LogP contribution in [-0.4, -0.2) is 31.0 Å². The summed E-state index contributed by atoms with van der Waals surface area (Å²) in [5, 5.41) is 10.6. The zero-order chi connectivity index (χ0) is 17.6. The van der Waals surface area contributed by atoms with Gasteiger partial charge in [-0.15, -0.1) is 0 Å². The highest BCUT2D eigenvalue weighted by Crippen LogP contribution is 2.36. The van der Waals surface area contributed by atoms with Crippen molar-refractivity contribution in [3.8, 4) is 5.75 Å². The smallest absolute Gasteiger partial charge is 0.127 e. The number of rotatable bonds is 6. The maximum absolute atomic E-state index is 10.6. The van der Waals surface area contributed by atoms with Gasteiger partial charge in [-0.05, 0) is 42.7 Å². The Kier molecular flexibility index (Phi) is 5.51. The van der Waals surface area contributed by atoms with Gasteiger partial charge in [0.1, 0.15) is 12.4 Å². The molecule has 0 bridgehead atoms. The van der Waals surface area contributed by atoms with Crippen LogP contribution < -0.4 is 9.84 Å². The zero-order valence-corrected chi connectivity index (χ0v) is 14.4. The number of hydrogen-bond donors (Lipinski definition) is 0. The fraction of sp³-hybridized carbons (Fsp3) is 0.286. The van der Waals surface area contributed by atoms with Crippen molar-refractivity contribution >= 4 is 11.5 Å². The molecular formula is C21H22NO3-. The molecule has 4 heteroatoms. The lowest BCUT2D eigenvalue weighted by molar-refractivity contribution is -0.305. The van der Waals surface area contributed by atoms with Crippen LogP contribution in [0.15, 0.2) is 54.6 Å². The van der Waals surface area contributed by atoms with Gasteiger partial charge in [0.05, 0.1) is 0 Å². The number of ether oxygens (including phenoxy) is 1. The van der Waals surface area contributed by atoms with E-state index in [1.54, 1.807) is 0 Å². The van der Waals surface area contributed by atoms with Gasteiger partial charge >= 0.3 is 0 Å². The Balaban J connectivity index is 1.83. The van der Waals surface area contributed by atoms with Crippen molar-refractivity contribution in [3.05, 3.63) is 71.3 Å². The summed E-state index contributed by atoms with van der Waals surface area (Å²) in [6.45, 7) is 1.86. The molecule has 0 saturated heterocycles. The van der Waals surface area contributed by atoms with Gasteiger partial charge in [0.25, 0.3) is 0 Å². The largest absolute Gasteiger partial charge is 0.550 e. The number of carboxylic acid groups (broad SMARTS) is 1. The Morgan fingerprint density at radius 3 is 2.64 bits per heavy atom. The van der Waals surface area contributed by atoms with Crippen molar-refractivity contribution < 1.29 is 14.6 Å². The summed E-state index contributed by atoms with van der Waals surface area (Å²) in [5.41, 5.74) is 4.65. The molecule has 1 heterocycles. The van der Waals surface area contributed by atoms with E-state index in [0.717, 1.165) is 24.3 Å². The van der Waals surface area contributed by atoms with Crippen LogP contribution in [0.2, 0.25) is 0 Å². The Hall–Kier alpha value is -2.59. The van der Waals surface area contributed by atoms with Crippen molar-refractivity contribution in [2.24, 2.45) is 0 Å². The predicted molar refractivity (Wildman–Crippen MR) is 96.0 cm³/mol. The summed E-state index contributed by atoms with van der Waals surface area (Å²) in [6.07, 6.45) is 3.12. The number of carbonyl (C=O) groups is 1. The highest BCUT2D eigenvalue weighted by molar-refractivity contribution is 5.84. The van der Waals surface area contributed by atoms with E-state index in [0.29, 0.717) is 13.2 Å². The molecule has 0 aliphatic carbocycles. The number of hydrogen-bond acceptors (Lipinski definition) is 4. The van der Waals surface area contributed by atoms with Crippen molar-refractivity contribution in [1.82, 2.24) is 4.90 Å². The lowest BCUT2D eigenvalue weighted by Crippen LogP contribution is -2.29. The van der Waals surface area contributed by atoms with Gasteiger partial charge in [-0.3, -0.25) is 0 Å². The molecule has 2 aromatic rings. The Morgan fingerprint density at radius 1 is 1.12 bits per heavy atom. The molecular weight excluding hydrogens is 314 g/mol. The zero-order valence-electron chi connectivity index (χ0n) is 14.4. The molecule has 0 unspecified atom stereocenters. The molecule has 0 spiro atoms. The highest BCUT2D eigenvalue weighted by Gasteiger charge is 2.18. The molecule has 0 radical (unpaired) electrons. The molecule has 1 aliphatic rings.